The summed E-state index contributed by atoms with van der Waals surface area (Å²) in [6.45, 7) is 2.60. The molecule has 1 N–H and O–H groups in total. The third-order valence-corrected chi connectivity index (χ3v) is 3.87. The summed E-state index contributed by atoms with van der Waals surface area (Å²) in [7, 11) is 0. The SMILES string of the molecule is Cc1cc2c(c(-c3nnc(-c4cccc(C(=O)O)c4)o3)c1)OCOC2. The zero-order valence-corrected chi connectivity index (χ0v) is 13.4. The van der Waals surface area contributed by atoms with Gasteiger partial charge in [0.2, 0.25) is 5.89 Å². The summed E-state index contributed by atoms with van der Waals surface area (Å²) >= 11 is 0. The predicted octanol–water partition coefficient (Wildman–Crippen LogP) is 3.28. The molecule has 0 saturated carbocycles. The minimum absolute atomic E-state index is 0.158. The second-order valence-electron chi connectivity index (χ2n) is 5.71. The fourth-order valence-electron chi connectivity index (χ4n) is 2.77. The van der Waals surface area contributed by atoms with Crippen LogP contribution in [-0.2, 0) is 11.3 Å². The summed E-state index contributed by atoms with van der Waals surface area (Å²) < 4.78 is 16.7. The molecule has 0 amide bonds. The van der Waals surface area contributed by atoms with Crippen LogP contribution in [0.3, 0.4) is 0 Å². The summed E-state index contributed by atoms with van der Waals surface area (Å²) in [5.41, 5.74) is 3.35. The van der Waals surface area contributed by atoms with Gasteiger partial charge in [-0.05, 0) is 36.8 Å². The molecule has 4 rings (SSSR count). The van der Waals surface area contributed by atoms with Crippen molar-refractivity contribution in [3.05, 3.63) is 53.1 Å². The number of rotatable bonds is 3. The van der Waals surface area contributed by atoms with Crippen LogP contribution >= 0.6 is 0 Å². The van der Waals surface area contributed by atoms with Gasteiger partial charge in [0.1, 0.15) is 5.75 Å². The molecular formula is C18H14N2O5. The number of nitrogens with zero attached hydrogens (tertiary/aromatic N) is 2. The van der Waals surface area contributed by atoms with Gasteiger partial charge in [-0.1, -0.05) is 12.1 Å². The van der Waals surface area contributed by atoms with Crippen LogP contribution < -0.4 is 4.74 Å². The van der Waals surface area contributed by atoms with E-state index >= 15 is 0 Å². The molecule has 0 unspecified atom stereocenters. The second-order valence-corrected chi connectivity index (χ2v) is 5.71. The van der Waals surface area contributed by atoms with Gasteiger partial charge in [0, 0.05) is 11.1 Å². The number of benzene rings is 2. The number of hydrogen-bond donors (Lipinski definition) is 1. The van der Waals surface area contributed by atoms with Gasteiger partial charge in [0.15, 0.2) is 6.79 Å². The molecule has 1 aliphatic heterocycles. The van der Waals surface area contributed by atoms with Gasteiger partial charge >= 0.3 is 5.97 Å². The Morgan fingerprint density at radius 1 is 1.16 bits per heavy atom. The number of carboxylic acid groups (broad SMARTS) is 1. The molecule has 25 heavy (non-hydrogen) atoms. The van der Waals surface area contributed by atoms with Crippen molar-refractivity contribution in [1.29, 1.82) is 0 Å². The summed E-state index contributed by atoms with van der Waals surface area (Å²) in [5.74, 6) is 0.229. The molecule has 3 aromatic rings. The van der Waals surface area contributed by atoms with E-state index < -0.39 is 5.97 Å². The number of aryl methyl sites for hydroxylation is 1. The zero-order chi connectivity index (χ0) is 17.4. The third kappa shape index (κ3) is 2.85. The van der Waals surface area contributed by atoms with Gasteiger partial charge in [0.05, 0.1) is 17.7 Å². The molecule has 1 aromatic heterocycles. The molecule has 0 fully saturated rings. The maximum Gasteiger partial charge on any atom is 0.335 e. The smallest absolute Gasteiger partial charge is 0.335 e. The topological polar surface area (TPSA) is 94.7 Å². The molecule has 7 nitrogen and oxygen atoms in total. The third-order valence-electron chi connectivity index (χ3n) is 3.87. The van der Waals surface area contributed by atoms with Gasteiger partial charge < -0.3 is 19.0 Å². The summed E-state index contributed by atoms with van der Waals surface area (Å²) in [5, 5.41) is 17.3. The van der Waals surface area contributed by atoms with E-state index in [0.717, 1.165) is 11.1 Å². The van der Waals surface area contributed by atoms with Crippen molar-refractivity contribution in [3.63, 3.8) is 0 Å². The first-order valence-electron chi connectivity index (χ1n) is 7.63. The molecule has 2 aromatic carbocycles. The van der Waals surface area contributed by atoms with Crippen LogP contribution in [0, 0.1) is 6.92 Å². The van der Waals surface area contributed by atoms with Crippen molar-refractivity contribution in [2.45, 2.75) is 13.5 Å². The van der Waals surface area contributed by atoms with Crippen LogP contribution in [0.1, 0.15) is 21.5 Å². The van der Waals surface area contributed by atoms with E-state index in [2.05, 4.69) is 10.2 Å². The van der Waals surface area contributed by atoms with E-state index in [4.69, 9.17) is 19.0 Å². The average Bonchev–Trinajstić information content (AvgIpc) is 3.11. The second kappa shape index (κ2) is 6.03. The number of carboxylic acids is 1. The highest BCUT2D eigenvalue weighted by Gasteiger charge is 2.21. The van der Waals surface area contributed by atoms with Crippen LogP contribution in [0.5, 0.6) is 5.75 Å². The summed E-state index contributed by atoms with van der Waals surface area (Å²) in [4.78, 5) is 11.1. The molecule has 0 radical (unpaired) electrons. The molecule has 0 saturated heterocycles. The van der Waals surface area contributed by atoms with Gasteiger partial charge in [-0.2, -0.15) is 0 Å². The van der Waals surface area contributed by atoms with Crippen molar-refractivity contribution >= 4 is 5.97 Å². The number of fused-ring (bicyclic) bond motifs is 1. The Morgan fingerprint density at radius 2 is 2.00 bits per heavy atom. The van der Waals surface area contributed by atoms with Crippen LogP contribution in [0.2, 0.25) is 0 Å². The van der Waals surface area contributed by atoms with E-state index in [0.29, 0.717) is 29.4 Å². The minimum Gasteiger partial charge on any atom is -0.478 e. The largest absolute Gasteiger partial charge is 0.478 e. The van der Waals surface area contributed by atoms with Crippen LogP contribution in [0.4, 0.5) is 0 Å². The molecule has 0 atom stereocenters. The van der Waals surface area contributed by atoms with E-state index in [-0.39, 0.29) is 18.2 Å². The normalized spacial score (nSPS) is 13.2. The van der Waals surface area contributed by atoms with Crippen molar-refractivity contribution in [3.8, 4) is 28.7 Å². The lowest BCUT2D eigenvalue weighted by Gasteiger charge is -2.20. The lowest BCUT2D eigenvalue weighted by molar-refractivity contribution is -0.0160. The predicted molar refractivity (Wildman–Crippen MR) is 87.2 cm³/mol. The van der Waals surface area contributed by atoms with Crippen molar-refractivity contribution in [2.75, 3.05) is 6.79 Å². The van der Waals surface area contributed by atoms with E-state index in [1.165, 1.54) is 12.1 Å². The van der Waals surface area contributed by atoms with Crippen LogP contribution in [0.15, 0.2) is 40.8 Å². The van der Waals surface area contributed by atoms with Crippen molar-refractivity contribution in [1.82, 2.24) is 10.2 Å². The molecule has 126 valence electrons. The average molecular weight is 338 g/mol. The minimum atomic E-state index is -1.01. The summed E-state index contributed by atoms with van der Waals surface area (Å²) in [6, 6.07) is 10.3. The molecular weight excluding hydrogens is 324 g/mol. The fourth-order valence-corrected chi connectivity index (χ4v) is 2.77. The molecule has 1 aliphatic rings. The number of carbonyl (C=O) groups is 1. The fraction of sp³-hybridized carbons (Fsp3) is 0.167. The van der Waals surface area contributed by atoms with Crippen molar-refractivity contribution in [2.24, 2.45) is 0 Å². The lowest BCUT2D eigenvalue weighted by Crippen LogP contribution is -2.12. The molecule has 7 heteroatoms. The zero-order valence-electron chi connectivity index (χ0n) is 13.4. The first kappa shape index (κ1) is 15.3. The quantitative estimate of drug-likeness (QED) is 0.783. The summed E-state index contributed by atoms with van der Waals surface area (Å²) in [6.07, 6.45) is 0. The van der Waals surface area contributed by atoms with Crippen LogP contribution in [0.25, 0.3) is 22.9 Å². The first-order chi connectivity index (χ1) is 12.1. The van der Waals surface area contributed by atoms with E-state index in [9.17, 15) is 4.79 Å². The number of aromatic nitrogens is 2. The molecule has 2 heterocycles. The monoisotopic (exact) mass is 338 g/mol. The van der Waals surface area contributed by atoms with Gasteiger partial charge in [-0.25, -0.2) is 4.79 Å². The first-order valence-corrected chi connectivity index (χ1v) is 7.63. The van der Waals surface area contributed by atoms with Crippen LogP contribution in [-0.4, -0.2) is 28.1 Å². The highest BCUT2D eigenvalue weighted by atomic mass is 16.7. The molecule has 0 spiro atoms. The molecule has 0 bridgehead atoms. The van der Waals surface area contributed by atoms with Gasteiger partial charge in [0.25, 0.3) is 5.89 Å². The number of hydrogen-bond acceptors (Lipinski definition) is 6. The van der Waals surface area contributed by atoms with E-state index in [1.807, 2.05) is 19.1 Å². The maximum absolute atomic E-state index is 11.1. The number of ether oxygens (including phenoxy) is 2. The Labute approximate surface area is 142 Å². The van der Waals surface area contributed by atoms with Crippen molar-refractivity contribution < 1.29 is 23.8 Å². The van der Waals surface area contributed by atoms with Gasteiger partial charge in [-0.3, -0.25) is 0 Å². The highest BCUT2D eigenvalue weighted by molar-refractivity contribution is 5.89. The maximum atomic E-state index is 11.1. The Bertz CT molecular complexity index is 964. The Kier molecular flexibility index (Phi) is 3.70. The molecule has 0 aliphatic carbocycles. The number of aromatic carboxylic acids is 1. The highest BCUT2D eigenvalue weighted by Crippen LogP contribution is 2.37. The lowest BCUT2D eigenvalue weighted by atomic mass is 10.0. The Hall–Kier alpha value is -3.19. The Balaban J connectivity index is 1.76. The standard InChI is InChI=1S/C18H14N2O5/c1-10-5-13-8-23-9-24-15(13)14(6-10)17-20-19-16(25-17)11-3-2-4-12(7-11)18(21)22/h2-7H,8-9H2,1H3,(H,21,22). The van der Waals surface area contributed by atoms with Gasteiger partial charge in [-0.15, -0.1) is 10.2 Å². The van der Waals surface area contributed by atoms with E-state index in [1.54, 1.807) is 12.1 Å². The Morgan fingerprint density at radius 3 is 2.84 bits per heavy atom.